The number of carbonyl (C=O) groups excluding carboxylic acids is 1. The third-order valence-corrected chi connectivity index (χ3v) is 2.74. The van der Waals surface area contributed by atoms with Crippen molar-refractivity contribution in [3.63, 3.8) is 0 Å². The molecule has 1 aromatic rings. The van der Waals surface area contributed by atoms with E-state index < -0.39 is 0 Å². The fraction of sp³-hybridized carbons (Fsp3) is 0.462. The van der Waals surface area contributed by atoms with Gasteiger partial charge in [0.2, 0.25) is 11.7 Å². The van der Waals surface area contributed by atoms with Crippen LogP contribution in [0.5, 0.6) is 17.2 Å². The number of benzene rings is 1. The predicted octanol–water partition coefficient (Wildman–Crippen LogP) is 1.32. The summed E-state index contributed by atoms with van der Waals surface area (Å²) in [7, 11) is 8.03. The molecule has 20 heavy (non-hydrogen) atoms. The Bertz CT molecular complexity index is 429. The molecule has 0 spiro atoms. The van der Waals surface area contributed by atoms with E-state index in [2.05, 4.69) is 5.32 Å². The summed E-state index contributed by atoms with van der Waals surface area (Å²) in [6.07, 6.45) is 0. The van der Waals surface area contributed by atoms with E-state index in [4.69, 9.17) is 14.2 Å². The normalized spacial score (nSPS) is 9.45. The molecule has 1 rings (SSSR count). The highest BCUT2D eigenvalue weighted by molar-refractivity contribution is 5.95. The van der Waals surface area contributed by atoms with E-state index >= 15 is 0 Å². The maximum Gasteiger partial charge on any atom is 0.240 e. The molecule has 7 heteroatoms. The number of hydrogen-bond donors (Lipinski definition) is 1. The lowest BCUT2D eigenvalue weighted by Crippen LogP contribution is -2.34. The fourth-order valence-corrected chi connectivity index (χ4v) is 1.67. The molecule has 0 atom stereocenters. The van der Waals surface area contributed by atoms with Crippen LogP contribution in [0.2, 0.25) is 0 Å². The van der Waals surface area contributed by atoms with Gasteiger partial charge in [-0.05, 0) is 7.05 Å². The summed E-state index contributed by atoms with van der Waals surface area (Å²) >= 11 is 0. The summed E-state index contributed by atoms with van der Waals surface area (Å²) in [6, 6.07) is 3.46. The van der Waals surface area contributed by atoms with Gasteiger partial charge in [-0.3, -0.25) is 4.79 Å². The molecular weight excluding hydrogens is 284 g/mol. The quantitative estimate of drug-likeness (QED) is 0.859. The number of halogens is 1. The van der Waals surface area contributed by atoms with Gasteiger partial charge in [-0.2, -0.15) is 0 Å². The highest BCUT2D eigenvalue weighted by Gasteiger charge is 2.17. The standard InChI is InChI=1S/C13H20N2O4.ClH/c1-14-8-12(16)15(2)9-6-10(17-3)13(19-5)11(7-9)18-4;/h6-7,14H,8H2,1-5H3;1H. The number of anilines is 1. The zero-order valence-electron chi connectivity index (χ0n) is 12.4. The molecule has 1 N–H and O–H groups in total. The van der Waals surface area contributed by atoms with E-state index in [-0.39, 0.29) is 24.9 Å². The van der Waals surface area contributed by atoms with Gasteiger partial charge in [-0.1, -0.05) is 0 Å². The maximum absolute atomic E-state index is 11.8. The molecule has 1 amide bonds. The second kappa shape index (κ2) is 8.50. The molecule has 1 aromatic carbocycles. The van der Waals surface area contributed by atoms with Crippen molar-refractivity contribution in [3.05, 3.63) is 12.1 Å². The van der Waals surface area contributed by atoms with E-state index in [1.807, 2.05) is 0 Å². The molecule has 0 saturated carbocycles. The molecule has 0 radical (unpaired) electrons. The smallest absolute Gasteiger partial charge is 0.240 e. The number of ether oxygens (including phenoxy) is 3. The van der Waals surface area contributed by atoms with E-state index in [1.54, 1.807) is 26.2 Å². The molecule has 0 bridgehead atoms. The van der Waals surface area contributed by atoms with Crippen molar-refractivity contribution in [1.29, 1.82) is 0 Å². The first-order chi connectivity index (χ1) is 9.08. The Hall–Kier alpha value is -1.66. The molecule has 0 aromatic heterocycles. The lowest BCUT2D eigenvalue weighted by atomic mass is 10.2. The zero-order chi connectivity index (χ0) is 14.4. The number of rotatable bonds is 6. The van der Waals surface area contributed by atoms with Crippen molar-refractivity contribution in [2.75, 3.05) is 46.9 Å². The number of hydrogen-bond acceptors (Lipinski definition) is 5. The Morgan fingerprint density at radius 1 is 1.15 bits per heavy atom. The molecule has 0 fully saturated rings. The lowest BCUT2D eigenvalue weighted by Gasteiger charge is -2.20. The van der Waals surface area contributed by atoms with Gasteiger partial charge in [-0.25, -0.2) is 0 Å². The highest BCUT2D eigenvalue weighted by Crippen LogP contribution is 2.40. The molecule has 114 valence electrons. The van der Waals surface area contributed by atoms with E-state index in [1.165, 1.54) is 26.2 Å². The Morgan fingerprint density at radius 3 is 2.00 bits per heavy atom. The van der Waals surface area contributed by atoms with Crippen LogP contribution in [0.1, 0.15) is 0 Å². The number of nitrogens with zero attached hydrogens (tertiary/aromatic N) is 1. The summed E-state index contributed by atoms with van der Waals surface area (Å²) in [4.78, 5) is 13.4. The second-order valence-electron chi connectivity index (χ2n) is 3.87. The van der Waals surface area contributed by atoms with Gasteiger partial charge < -0.3 is 24.4 Å². The summed E-state index contributed by atoms with van der Waals surface area (Å²) in [5.41, 5.74) is 0.676. The van der Waals surface area contributed by atoms with Gasteiger partial charge in [0.25, 0.3) is 0 Å². The summed E-state index contributed by atoms with van der Waals surface area (Å²) in [6.45, 7) is 0.257. The Morgan fingerprint density at radius 2 is 1.65 bits per heavy atom. The lowest BCUT2D eigenvalue weighted by molar-refractivity contribution is -0.117. The predicted molar refractivity (Wildman–Crippen MR) is 80.7 cm³/mol. The third kappa shape index (κ3) is 3.91. The summed E-state index contributed by atoms with van der Waals surface area (Å²) in [5, 5.41) is 2.82. The van der Waals surface area contributed by atoms with Crippen molar-refractivity contribution in [2.24, 2.45) is 0 Å². The van der Waals surface area contributed by atoms with Crippen molar-refractivity contribution >= 4 is 24.0 Å². The van der Waals surface area contributed by atoms with Crippen LogP contribution < -0.4 is 24.4 Å². The number of carbonyl (C=O) groups is 1. The van der Waals surface area contributed by atoms with Gasteiger partial charge in [0, 0.05) is 19.2 Å². The van der Waals surface area contributed by atoms with Gasteiger partial charge in [-0.15, -0.1) is 12.4 Å². The van der Waals surface area contributed by atoms with E-state index in [9.17, 15) is 4.79 Å². The van der Waals surface area contributed by atoms with Gasteiger partial charge in [0.1, 0.15) is 0 Å². The van der Waals surface area contributed by atoms with Crippen molar-refractivity contribution in [1.82, 2.24) is 5.32 Å². The third-order valence-electron chi connectivity index (χ3n) is 2.74. The van der Waals surface area contributed by atoms with Crippen LogP contribution in [0.15, 0.2) is 12.1 Å². The number of methoxy groups -OCH3 is 3. The zero-order valence-corrected chi connectivity index (χ0v) is 13.2. The monoisotopic (exact) mass is 304 g/mol. The average molecular weight is 305 g/mol. The van der Waals surface area contributed by atoms with Gasteiger partial charge >= 0.3 is 0 Å². The van der Waals surface area contributed by atoms with E-state index in [0.717, 1.165) is 0 Å². The first-order valence-corrected chi connectivity index (χ1v) is 5.80. The molecule has 0 heterocycles. The number of nitrogens with one attached hydrogen (secondary N) is 1. The number of likely N-dealkylation sites (N-methyl/N-ethyl adjacent to an activating group) is 2. The van der Waals surface area contributed by atoms with Crippen LogP contribution in [-0.2, 0) is 4.79 Å². The molecule has 0 aliphatic carbocycles. The van der Waals surface area contributed by atoms with Crippen LogP contribution >= 0.6 is 12.4 Å². The first-order valence-electron chi connectivity index (χ1n) is 5.80. The summed E-state index contributed by atoms with van der Waals surface area (Å²) < 4.78 is 15.7. The Labute approximate surface area is 125 Å². The molecule has 0 saturated heterocycles. The van der Waals surface area contributed by atoms with Gasteiger partial charge in [0.05, 0.1) is 33.6 Å². The number of amides is 1. The maximum atomic E-state index is 11.8. The van der Waals surface area contributed by atoms with Gasteiger partial charge in [0.15, 0.2) is 11.5 Å². The van der Waals surface area contributed by atoms with Crippen LogP contribution in [0.4, 0.5) is 5.69 Å². The molecule has 0 unspecified atom stereocenters. The minimum absolute atomic E-state index is 0. The van der Waals surface area contributed by atoms with Crippen LogP contribution in [0, 0.1) is 0 Å². The van der Waals surface area contributed by atoms with Crippen LogP contribution in [0.25, 0.3) is 0 Å². The second-order valence-corrected chi connectivity index (χ2v) is 3.87. The minimum atomic E-state index is -0.0585. The van der Waals surface area contributed by atoms with Crippen molar-refractivity contribution in [2.45, 2.75) is 0 Å². The molecule has 0 aliphatic heterocycles. The van der Waals surface area contributed by atoms with Crippen LogP contribution in [-0.4, -0.2) is 47.9 Å². The largest absolute Gasteiger partial charge is 0.493 e. The fourth-order valence-electron chi connectivity index (χ4n) is 1.67. The summed E-state index contributed by atoms with van der Waals surface area (Å²) in [5.74, 6) is 1.47. The molecule has 0 aliphatic rings. The molecule has 6 nitrogen and oxygen atoms in total. The van der Waals surface area contributed by atoms with Crippen LogP contribution in [0.3, 0.4) is 0 Å². The Kier molecular flexibility index (Phi) is 7.79. The van der Waals surface area contributed by atoms with Crippen molar-refractivity contribution < 1.29 is 19.0 Å². The average Bonchev–Trinajstić information content (AvgIpc) is 2.44. The first kappa shape index (κ1) is 18.3. The highest BCUT2D eigenvalue weighted by atomic mass is 35.5. The molecular formula is C13H21ClN2O4. The van der Waals surface area contributed by atoms with Crippen molar-refractivity contribution in [3.8, 4) is 17.2 Å². The van der Waals surface area contributed by atoms with E-state index in [0.29, 0.717) is 22.9 Å². The Balaban J connectivity index is 0.00000361. The SMILES string of the molecule is CNCC(=O)N(C)c1cc(OC)c(OC)c(OC)c1.Cl. The minimum Gasteiger partial charge on any atom is -0.493 e. The topological polar surface area (TPSA) is 60.0 Å².